The maximum Gasteiger partial charge on any atom is 0.349 e. The van der Waals surface area contributed by atoms with Crippen LogP contribution in [0.3, 0.4) is 0 Å². The highest BCUT2D eigenvalue weighted by molar-refractivity contribution is 7.89. The molecular formula is C12H19NO5S2. The molecule has 0 radical (unpaired) electrons. The molecule has 0 saturated carbocycles. The topological polar surface area (TPSA) is 81.7 Å². The molecule has 1 N–H and O–H groups in total. The fraction of sp³-hybridized carbons (Fsp3) is 0.583. The second kappa shape index (κ2) is 7.72. The zero-order valence-electron chi connectivity index (χ0n) is 11.8. The number of aryl methyl sites for hydroxylation is 1. The highest BCUT2D eigenvalue weighted by Gasteiger charge is 2.27. The lowest BCUT2D eigenvalue weighted by Crippen LogP contribution is -2.27. The minimum atomic E-state index is -3.72. The van der Waals surface area contributed by atoms with Gasteiger partial charge >= 0.3 is 5.97 Å². The Bertz CT molecular complexity index is 550. The van der Waals surface area contributed by atoms with Gasteiger partial charge in [0.15, 0.2) is 0 Å². The molecule has 6 nitrogen and oxygen atoms in total. The van der Waals surface area contributed by atoms with Crippen LogP contribution < -0.4 is 4.72 Å². The SMILES string of the molecule is CCOCCCNS(=O)(=O)c1c(C)csc1C(=O)OC. The monoisotopic (exact) mass is 321 g/mol. The molecule has 0 fully saturated rings. The van der Waals surface area contributed by atoms with Gasteiger partial charge in [0.2, 0.25) is 10.0 Å². The average Bonchev–Trinajstić information content (AvgIpc) is 2.80. The summed E-state index contributed by atoms with van der Waals surface area (Å²) < 4.78 is 36.7. The second-order valence-electron chi connectivity index (χ2n) is 4.02. The number of rotatable bonds is 8. The lowest BCUT2D eigenvalue weighted by atomic mass is 10.3. The Labute approximate surface area is 123 Å². The fourth-order valence-electron chi connectivity index (χ4n) is 1.60. The Kier molecular flexibility index (Phi) is 6.60. The highest BCUT2D eigenvalue weighted by Crippen LogP contribution is 2.27. The van der Waals surface area contributed by atoms with Gasteiger partial charge in [-0.2, -0.15) is 0 Å². The predicted molar refractivity (Wildman–Crippen MR) is 76.7 cm³/mol. The van der Waals surface area contributed by atoms with E-state index >= 15 is 0 Å². The molecule has 1 aromatic rings. The van der Waals surface area contributed by atoms with Crippen molar-refractivity contribution >= 4 is 27.3 Å². The van der Waals surface area contributed by atoms with E-state index in [1.54, 1.807) is 12.3 Å². The average molecular weight is 321 g/mol. The molecule has 8 heteroatoms. The maximum absolute atomic E-state index is 12.2. The van der Waals surface area contributed by atoms with E-state index in [1.165, 1.54) is 7.11 Å². The van der Waals surface area contributed by atoms with Gasteiger partial charge in [0.25, 0.3) is 0 Å². The van der Waals surface area contributed by atoms with E-state index in [0.29, 0.717) is 25.2 Å². The number of thiophene rings is 1. The zero-order chi connectivity index (χ0) is 15.2. The van der Waals surface area contributed by atoms with Crippen LogP contribution in [0.5, 0.6) is 0 Å². The van der Waals surface area contributed by atoms with E-state index in [9.17, 15) is 13.2 Å². The summed E-state index contributed by atoms with van der Waals surface area (Å²) in [6, 6.07) is 0. The lowest BCUT2D eigenvalue weighted by molar-refractivity contribution is 0.0602. The summed E-state index contributed by atoms with van der Waals surface area (Å²) in [7, 11) is -2.49. The van der Waals surface area contributed by atoms with Crippen molar-refractivity contribution in [3.63, 3.8) is 0 Å². The molecule has 1 aromatic heterocycles. The largest absolute Gasteiger partial charge is 0.465 e. The molecule has 1 rings (SSSR count). The van der Waals surface area contributed by atoms with Gasteiger partial charge in [-0.3, -0.25) is 0 Å². The van der Waals surface area contributed by atoms with Crippen LogP contribution in [0.2, 0.25) is 0 Å². The summed E-state index contributed by atoms with van der Waals surface area (Å²) in [5, 5.41) is 1.63. The van der Waals surface area contributed by atoms with Crippen molar-refractivity contribution in [2.24, 2.45) is 0 Å². The number of methoxy groups -OCH3 is 1. The Morgan fingerprint density at radius 3 is 2.75 bits per heavy atom. The lowest BCUT2D eigenvalue weighted by Gasteiger charge is -2.08. The Morgan fingerprint density at radius 1 is 1.45 bits per heavy atom. The molecule has 0 aromatic carbocycles. The van der Waals surface area contributed by atoms with Crippen molar-refractivity contribution in [3.05, 3.63) is 15.8 Å². The number of carbonyl (C=O) groups is 1. The van der Waals surface area contributed by atoms with Gasteiger partial charge in [-0.1, -0.05) is 0 Å². The Balaban J connectivity index is 2.82. The third-order valence-corrected chi connectivity index (χ3v) is 5.37. The van der Waals surface area contributed by atoms with E-state index < -0.39 is 16.0 Å². The minimum absolute atomic E-state index is 0.00533. The van der Waals surface area contributed by atoms with Crippen LogP contribution in [0.4, 0.5) is 0 Å². The molecule has 20 heavy (non-hydrogen) atoms. The van der Waals surface area contributed by atoms with Crippen molar-refractivity contribution < 1.29 is 22.7 Å². The first kappa shape index (κ1) is 17.1. The number of sulfonamides is 1. The maximum atomic E-state index is 12.2. The van der Waals surface area contributed by atoms with Crippen LogP contribution in [-0.4, -0.2) is 41.3 Å². The van der Waals surface area contributed by atoms with E-state index in [4.69, 9.17) is 4.74 Å². The molecule has 1 heterocycles. The number of carbonyl (C=O) groups excluding carboxylic acids is 1. The van der Waals surface area contributed by atoms with Crippen LogP contribution in [0.25, 0.3) is 0 Å². The van der Waals surface area contributed by atoms with E-state index in [1.807, 2.05) is 6.92 Å². The van der Waals surface area contributed by atoms with Crippen molar-refractivity contribution in [1.29, 1.82) is 0 Å². The summed E-state index contributed by atoms with van der Waals surface area (Å²) in [5.74, 6) is -0.641. The van der Waals surface area contributed by atoms with Gasteiger partial charge in [-0.15, -0.1) is 11.3 Å². The second-order valence-corrected chi connectivity index (χ2v) is 6.60. The van der Waals surface area contributed by atoms with Crippen LogP contribution in [0.1, 0.15) is 28.6 Å². The molecule has 0 unspecified atom stereocenters. The van der Waals surface area contributed by atoms with E-state index in [2.05, 4.69) is 9.46 Å². The number of ether oxygens (including phenoxy) is 2. The molecule has 0 bridgehead atoms. The Hall–Kier alpha value is -0.960. The van der Waals surface area contributed by atoms with Crippen molar-refractivity contribution in [1.82, 2.24) is 4.72 Å². The third kappa shape index (κ3) is 4.27. The van der Waals surface area contributed by atoms with E-state index in [0.717, 1.165) is 11.3 Å². The van der Waals surface area contributed by atoms with Crippen molar-refractivity contribution in [3.8, 4) is 0 Å². The van der Waals surface area contributed by atoms with Gasteiger partial charge in [0, 0.05) is 19.8 Å². The summed E-state index contributed by atoms with van der Waals surface area (Å²) >= 11 is 1.06. The first-order valence-electron chi connectivity index (χ1n) is 6.17. The first-order valence-corrected chi connectivity index (χ1v) is 8.54. The molecular weight excluding hydrogens is 302 g/mol. The first-order chi connectivity index (χ1) is 9.44. The molecule has 0 aliphatic rings. The van der Waals surface area contributed by atoms with Crippen LogP contribution in [0.15, 0.2) is 10.3 Å². The van der Waals surface area contributed by atoms with Gasteiger partial charge in [-0.05, 0) is 31.2 Å². The normalized spacial score (nSPS) is 11.6. The van der Waals surface area contributed by atoms with E-state index in [-0.39, 0.29) is 16.3 Å². The number of nitrogens with one attached hydrogen (secondary N) is 1. The van der Waals surface area contributed by atoms with Gasteiger partial charge in [0.05, 0.1) is 7.11 Å². The van der Waals surface area contributed by atoms with Gasteiger partial charge in [-0.25, -0.2) is 17.9 Å². The Morgan fingerprint density at radius 2 is 2.15 bits per heavy atom. The minimum Gasteiger partial charge on any atom is -0.465 e. The quantitative estimate of drug-likeness (QED) is 0.580. The third-order valence-electron chi connectivity index (χ3n) is 2.52. The van der Waals surface area contributed by atoms with Gasteiger partial charge in [0.1, 0.15) is 9.77 Å². The molecule has 0 saturated heterocycles. The van der Waals surface area contributed by atoms with Gasteiger partial charge < -0.3 is 9.47 Å². The van der Waals surface area contributed by atoms with Crippen LogP contribution >= 0.6 is 11.3 Å². The molecule has 0 amide bonds. The molecule has 0 aliphatic carbocycles. The van der Waals surface area contributed by atoms with Crippen molar-refractivity contribution in [2.45, 2.75) is 25.2 Å². The predicted octanol–water partition coefficient (Wildman–Crippen LogP) is 1.55. The summed E-state index contributed by atoms with van der Waals surface area (Å²) in [4.78, 5) is 11.7. The van der Waals surface area contributed by atoms with Crippen LogP contribution in [-0.2, 0) is 19.5 Å². The van der Waals surface area contributed by atoms with Crippen LogP contribution in [0, 0.1) is 6.92 Å². The summed E-state index contributed by atoms with van der Waals surface area (Å²) in [6.45, 7) is 4.88. The number of hydrogen-bond donors (Lipinski definition) is 1. The number of esters is 1. The molecule has 114 valence electrons. The zero-order valence-corrected chi connectivity index (χ0v) is 13.4. The van der Waals surface area contributed by atoms with Crippen molar-refractivity contribution in [2.75, 3.05) is 26.9 Å². The summed E-state index contributed by atoms with van der Waals surface area (Å²) in [5.41, 5.74) is 0.535. The fourth-order valence-corrected chi connectivity index (χ4v) is 4.37. The number of hydrogen-bond acceptors (Lipinski definition) is 6. The standard InChI is InChI=1S/C12H19NO5S2/c1-4-18-7-5-6-13-20(15,16)11-9(2)8-19-10(11)12(14)17-3/h8,13H,4-7H2,1-3H3. The molecule has 0 atom stereocenters. The summed E-state index contributed by atoms with van der Waals surface area (Å²) in [6.07, 6.45) is 0.573. The molecule has 0 spiro atoms. The molecule has 0 aliphatic heterocycles. The highest BCUT2D eigenvalue weighted by atomic mass is 32.2. The smallest absolute Gasteiger partial charge is 0.349 e.